The molecule has 0 radical (unpaired) electrons. The van der Waals surface area contributed by atoms with E-state index in [0.29, 0.717) is 19.3 Å². The van der Waals surface area contributed by atoms with E-state index >= 15 is 0 Å². The van der Waals surface area contributed by atoms with E-state index in [1.165, 1.54) is 161 Å². The van der Waals surface area contributed by atoms with Crippen LogP contribution >= 0.6 is 0 Å². The molecule has 0 aliphatic carbocycles. The van der Waals surface area contributed by atoms with Gasteiger partial charge in [-0.1, -0.05) is 298 Å². The van der Waals surface area contributed by atoms with Gasteiger partial charge in [0.25, 0.3) is 0 Å². The van der Waals surface area contributed by atoms with Crippen molar-refractivity contribution >= 4 is 17.9 Å². The number of allylic oxidation sites excluding steroid dienone is 14. The predicted molar refractivity (Wildman–Crippen MR) is 330 cm³/mol. The lowest BCUT2D eigenvalue weighted by Gasteiger charge is -2.18. The van der Waals surface area contributed by atoms with Gasteiger partial charge in [0.05, 0.1) is 0 Å². The summed E-state index contributed by atoms with van der Waals surface area (Å²) in [6, 6.07) is 0. The van der Waals surface area contributed by atoms with Crippen molar-refractivity contribution in [1.29, 1.82) is 0 Å². The van der Waals surface area contributed by atoms with Gasteiger partial charge in [-0.05, 0) is 89.9 Å². The number of unbranched alkanes of at least 4 members (excludes halogenated alkanes) is 34. The maximum atomic E-state index is 12.9. The van der Waals surface area contributed by atoms with E-state index in [2.05, 4.69) is 106 Å². The van der Waals surface area contributed by atoms with Crippen LogP contribution < -0.4 is 0 Å². The van der Waals surface area contributed by atoms with E-state index in [9.17, 15) is 14.4 Å². The van der Waals surface area contributed by atoms with E-state index in [1.54, 1.807) is 0 Å². The lowest BCUT2D eigenvalue weighted by molar-refractivity contribution is -0.167. The minimum absolute atomic E-state index is 0.0787. The van der Waals surface area contributed by atoms with Crippen molar-refractivity contribution in [2.24, 2.45) is 0 Å². The van der Waals surface area contributed by atoms with Crippen molar-refractivity contribution in [2.45, 2.75) is 329 Å². The zero-order valence-corrected chi connectivity index (χ0v) is 50.3. The molecule has 0 aliphatic rings. The number of hydrogen-bond acceptors (Lipinski definition) is 6. The highest BCUT2D eigenvalue weighted by Crippen LogP contribution is 2.17. The third kappa shape index (κ3) is 61.4. The van der Waals surface area contributed by atoms with Crippen LogP contribution in [-0.4, -0.2) is 37.2 Å². The van der Waals surface area contributed by atoms with Gasteiger partial charge in [-0.15, -0.1) is 0 Å². The van der Waals surface area contributed by atoms with Crippen molar-refractivity contribution in [2.75, 3.05) is 13.2 Å². The standard InChI is InChI=1S/C70H122O6/c1-4-7-10-13-16-19-22-25-27-28-29-30-31-32-33-34-35-36-37-38-39-40-41-42-44-45-48-51-54-57-60-63-69(72)75-66-67(65-74-68(71)62-59-56-53-50-47-24-21-18-15-12-9-6-3)76-70(73)64-61-58-55-52-49-46-43-26-23-20-17-14-11-8-5-2/h7-8,10-11,16-17,19-20,25-27,29-30,43,67H,4-6,9,12-15,18,21-24,28,31-42,44-66H2,1-3H3/b10-7-,11-8-,19-16-,20-17-,27-25-,30-29-,43-26-. The van der Waals surface area contributed by atoms with Crippen molar-refractivity contribution in [3.63, 3.8) is 0 Å². The molecule has 0 spiro atoms. The van der Waals surface area contributed by atoms with Crippen LogP contribution in [0.15, 0.2) is 85.1 Å². The molecular formula is C70H122O6. The molecule has 0 heterocycles. The van der Waals surface area contributed by atoms with Gasteiger partial charge in [-0.25, -0.2) is 0 Å². The molecule has 76 heavy (non-hydrogen) atoms. The molecule has 0 bridgehead atoms. The van der Waals surface area contributed by atoms with Crippen LogP contribution in [0.5, 0.6) is 0 Å². The molecule has 0 amide bonds. The monoisotopic (exact) mass is 1060 g/mol. The molecule has 1 atom stereocenters. The minimum atomic E-state index is -0.782. The number of ether oxygens (including phenoxy) is 3. The highest BCUT2D eigenvalue weighted by molar-refractivity contribution is 5.71. The van der Waals surface area contributed by atoms with E-state index in [4.69, 9.17) is 14.2 Å². The second-order valence-electron chi connectivity index (χ2n) is 21.6. The number of carbonyl (C=O) groups is 3. The van der Waals surface area contributed by atoms with Crippen LogP contribution in [0.1, 0.15) is 323 Å². The maximum absolute atomic E-state index is 12.9. The second-order valence-corrected chi connectivity index (χ2v) is 21.6. The van der Waals surface area contributed by atoms with Gasteiger partial charge in [-0.3, -0.25) is 14.4 Å². The largest absolute Gasteiger partial charge is 0.462 e. The molecule has 6 heteroatoms. The molecule has 0 fully saturated rings. The lowest BCUT2D eigenvalue weighted by atomic mass is 10.0. The summed E-state index contributed by atoms with van der Waals surface area (Å²) in [5.74, 6) is -0.881. The fourth-order valence-corrected chi connectivity index (χ4v) is 9.33. The predicted octanol–water partition coefficient (Wildman–Crippen LogP) is 22.3. The first-order valence-electron chi connectivity index (χ1n) is 32.6. The Hall–Kier alpha value is -3.41. The Balaban J connectivity index is 4.15. The van der Waals surface area contributed by atoms with Gasteiger partial charge in [0.15, 0.2) is 6.10 Å². The molecule has 0 N–H and O–H groups in total. The molecule has 1 unspecified atom stereocenters. The Labute approximate surface area is 471 Å². The molecule has 0 aromatic heterocycles. The third-order valence-corrected chi connectivity index (χ3v) is 14.1. The van der Waals surface area contributed by atoms with Gasteiger partial charge in [0.1, 0.15) is 13.2 Å². The first-order valence-corrected chi connectivity index (χ1v) is 32.6. The number of carbonyl (C=O) groups excluding carboxylic acids is 3. The number of esters is 3. The van der Waals surface area contributed by atoms with Crippen LogP contribution in [-0.2, 0) is 28.6 Å². The molecule has 0 rings (SSSR count). The summed E-state index contributed by atoms with van der Waals surface area (Å²) < 4.78 is 16.9. The average molecular weight is 1060 g/mol. The summed E-state index contributed by atoms with van der Waals surface area (Å²) in [6.45, 7) is 6.43. The maximum Gasteiger partial charge on any atom is 0.306 e. The fraction of sp³-hybridized carbons (Fsp3) is 0.757. The highest BCUT2D eigenvalue weighted by Gasteiger charge is 2.19. The Morgan fingerprint density at radius 1 is 0.276 bits per heavy atom. The van der Waals surface area contributed by atoms with Crippen molar-refractivity contribution in [3.05, 3.63) is 85.1 Å². The SMILES string of the molecule is CC/C=C\C/C=C\C/C=C\C/C=C\CCCCCCCCCCCCCCCCCCCCC(=O)OCC(COC(=O)CCCCCCCCCCCCCC)OC(=O)CCCCCCC/C=C\C/C=C\C/C=C\CC. The fourth-order valence-electron chi connectivity index (χ4n) is 9.33. The minimum Gasteiger partial charge on any atom is -0.462 e. The van der Waals surface area contributed by atoms with Gasteiger partial charge in [0.2, 0.25) is 0 Å². The zero-order valence-electron chi connectivity index (χ0n) is 50.3. The van der Waals surface area contributed by atoms with Crippen LogP contribution in [0.25, 0.3) is 0 Å². The average Bonchev–Trinajstić information content (AvgIpc) is 3.42. The smallest absolute Gasteiger partial charge is 0.306 e. The summed E-state index contributed by atoms with van der Waals surface area (Å²) >= 11 is 0. The Morgan fingerprint density at radius 2 is 0.513 bits per heavy atom. The van der Waals surface area contributed by atoms with Crippen LogP contribution in [0, 0.1) is 0 Å². The molecule has 6 nitrogen and oxygen atoms in total. The molecule has 0 aromatic rings. The van der Waals surface area contributed by atoms with Crippen molar-refractivity contribution in [1.82, 2.24) is 0 Å². The Bertz CT molecular complexity index is 1450. The second kappa shape index (κ2) is 64.1. The van der Waals surface area contributed by atoms with Gasteiger partial charge >= 0.3 is 17.9 Å². The molecule has 0 saturated carbocycles. The Kier molecular flexibility index (Phi) is 61.2. The van der Waals surface area contributed by atoms with Gasteiger partial charge < -0.3 is 14.2 Å². The van der Waals surface area contributed by atoms with Gasteiger partial charge in [-0.2, -0.15) is 0 Å². The molecule has 0 aliphatic heterocycles. The van der Waals surface area contributed by atoms with Crippen LogP contribution in [0.3, 0.4) is 0 Å². The quantitative estimate of drug-likeness (QED) is 0.0261. The third-order valence-electron chi connectivity index (χ3n) is 14.1. The van der Waals surface area contributed by atoms with E-state index in [-0.39, 0.29) is 31.1 Å². The van der Waals surface area contributed by atoms with Crippen LogP contribution in [0.4, 0.5) is 0 Å². The molecule has 0 aromatic carbocycles. The van der Waals surface area contributed by atoms with E-state index in [1.807, 2.05) is 0 Å². The van der Waals surface area contributed by atoms with Crippen molar-refractivity contribution < 1.29 is 28.6 Å². The normalized spacial score (nSPS) is 12.6. The van der Waals surface area contributed by atoms with E-state index in [0.717, 1.165) is 122 Å². The highest BCUT2D eigenvalue weighted by atomic mass is 16.6. The molecular weight excluding hydrogens is 937 g/mol. The van der Waals surface area contributed by atoms with Crippen molar-refractivity contribution in [3.8, 4) is 0 Å². The van der Waals surface area contributed by atoms with Crippen LogP contribution in [0.2, 0.25) is 0 Å². The summed E-state index contributed by atoms with van der Waals surface area (Å²) in [7, 11) is 0. The number of hydrogen-bond donors (Lipinski definition) is 0. The summed E-state index contributed by atoms with van der Waals surface area (Å²) in [5.41, 5.74) is 0. The van der Waals surface area contributed by atoms with Gasteiger partial charge in [0, 0.05) is 19.3 Å². The summed E-state index contributed by atoms with van der Waals surface area (Å²) in [5, 5.41) is 0. The Morgan fingerprint density at radius 3 is 0.803 bits per heavy atom. The topological polar surface area (TPSA) is 78.9 Å². The molecule has 0 saturated heterocycles. The molecule has 438 valence electrons. The lowest BCUT2D eigenvalue weighted by Crippen LogP contribution is -2.30. The summed E-state index contributed by atoms with van der Waals surface area (Å²) in [6.07, 6.45) is 84.7. The zero-order chi connectivity index (χ0) is 55.0. The first-order chi connectivity index (χ1) is 37.5. The number of rotatable bonds is 59. The van der Waals surface area contributed by atoms with E-state index < -0.39 is 6.10 Å². The summed E-state index contributed by atoms with van der Waals surface area (Å²) in [4.78, 5) is 38.2. The first kappa shape index (κ1) is 72.6.